The fraction of sp³-hybridized carbons (Fsp3) is 0.600. The number of esters is 1. The fourth-order valence-corrected chi connectivity index (χ4v) is 4.79. The highest BCUT2D eigenvalue weighted by Crippen LogP contribution is 2.16. The van der Waals surface area contributed by atoms with E-state index in [-0.39, 0.29) is 5.97 Å². The van der Waals surface area contributed by atoms with Crippen molar-refractivity contribution in [3.63, 3.8) is 0 Å². The van der Waals surface area contributed by atoms with Gasteiger partial charge in [0.05, 0.1) is 6.54 Å². The molecule has 2 aromatic rings. The van der Waals surface area contributed by atoms with Crippen LogP contribution in [0.15, 0.2) is 48.8 Å². The van der Waals surface area contributed by atoms with E-state index in [4.69, 9.17) is 4.74 Å². The van der Waals surface area contributed by atoms with E-state index in [2.05, 4.69) is 60.4 Å². The molecule has 1 aromatic heterocycles. The number of carbonyl (C=O) groups excluding carboxylic acids is 1. The Hall–Kier alpha value is -2.62. The van der Waals surface area contributed by atoms with E-state index in [1.807, 2.05) is 31.1 Å². The van der Waals surface area contributed by atoms with Gasteiger partial charge in [-0.05, 0) is 29.7 Å². The molecule has 0 saturated carbocycles. The van der Waals surface area contributed by atoms with Gasteiger partial charge in [0.2, 0.25) is 0 Å². The van der Waals surface area contributed by atoms with Crippen LogP contribution in [0, 0.1) is 0 Å². The summed E-state index contributed by atoms with van der Waals surface area (Å²) in [6.45, 7) is 3.41. The molecule has 0 fully saturated rings. The molecule has 0 aliphatic heterocycles. The van der Waals surface area contributed by atoms with E-state index < -0.39 is 0 Å². The Balaban J connectivity index is 1.43. The monoisotopic (exact) mass is 535 g/mol. The summed E-state index contributed by atoms with van der Waals surface area (Å²) in [4.78, 5) is 14.2. The number of rotatable bonds is 22. The first kappa shape index (κ1) is 32.6. The Bertz CT molecular complexity index is 905. The summed E-state index contributed by atoms with van der Waals surface area (Å²) in [5.41, 5.74) is 3.47. The normalized spacial score (nSPS) is 11.3. The van der Waals surface area contributed by atoms with Crippen molar-refractivity contribution in [3.05, 3.63) is 59.9 Å². The Morgan fingerprint density at radius 2 is 1.18 bits per heavy atom. The van der Waals surface area contributed by atoms with Crippen molar-refractivity contribution in [2.24, 2.45) is 7.05 Å². The van der Waals surface area contributed by atoms with Crippen LogP contribution in [0.1, 0.15) is 121 Å². The molecule has 39 heavy (non-hydrogen) atoms. The molecule has 1 aromatic carbocycles. The Kier molecular flexibility index (Phi) is 17.7. The van der Waals surface area contributed by atoms with Crippen molar-refractivity contribution < 1.29 is 14.1 Å². The number of aromatic nitrogens is 1. The number of hydrogen-bond donors (Lipinski definition) is 0. The molecule has 0 atom stereocenters. The lowest BCUT2D eigenvalue weighted by molar-refractivity contribution is -0.671. The van der Waals surface area contributed by atoms with Gasteiger partial charge in [-0.3, -0.25) is 4.79 Å². The summed E-state index contributed by atoms with van der Waals surface area (Å²) in [6.07, 6.45) is 28.9. The number of unbranched alkanes of at least 4 members (excludes halogenated alkanes) is 14. The van der Waals surface area contributed by atoms with Crippen molar-refractivity contribution >= 4 is 23.8 Å². The molecule has 0 unspecified atom stereocenters. The van der Waals surface area contributed by atoms with Crippen LogP contribution in [-0.2, 0) is 16.6 Å². The van der Waals surface area contributed by atoms with Crippen LogP contribution in [0.25, 0.3) is 12.2 Å². The van der Waals surface area contributed by atoms with Gasteiger partial charge in [0.25, 0.3) is 0 Å². The average Bonchev–Trinajstić information content (AvgIpc) is 2.95. The summed E-state index contributed by atoms with van der Waals surface area (Å²) in [7, 11) is 4.06. The molecule has 0 aliphatic rings. The minimum Gasteiger partial charge on any atom is -0.464 e. The highest BCUT2D eigenvalue weighted by molar-refractivity contribution is 5.70. The van der Waals surface area contributed by atoms with E-state index in [9.17, 15) is 4.79 Å². The lowest BCUT2D eigenvalue weighted by atomic mass is 10.0. The van der Waals surface area contributed by atoms with E-state index in [0.717, 1.165) is 24.1 Å². The second-order valence-electron chi connectivity index (χ2n) is 11.1. The van der Waals surface area contributed by atoms with E-state index in [1.165, 1.54) is 89.0 Å². The van der Waals surface area contributed by atoms with Gasteiger partial charge in [-0.2, -0.15) is 0 Å². The third-order valence-corrected chi connectivity index (χ3v) is 7.48. The standard InChI is InChI=1S/C35H55N2O2/c1-4-5-6-7-8-9-10-11-12-13-14-15-16-17-18-19-35(38)39-31-30-37(3)34-24-22-32(23-25-34)20-21-33-26-28-36(2)29-27-33/h20-29H,4-19,30-31H2,1-3H3/q+1. The average molecular weight is 536 g/mol. The van der Waals surface area contributed by atoms with Gasteiger partial charge in [0, 0.05) is 31.3 Å². The van der Waals surface area contributed by atoms with Crippen LogP contribution in [0.5, 0.6) is 0 Å². The predicted molar refractivity (Wildman–Crippen MR) is 167 cm³/mol. The number of hydrogen-bond acceptors (Lipinski definition) is 3. The summed E-state index contributed by atoms with van der Waals surface area (Å²) >= 11 is 0. The number of ether oxygens (including phenoxy) is 1. The smallest absolute Gasteiger partial charge is 0.305 e. The van der Waals surface area contributed by atoms with Gasteiger partial charge < -0.3 is 9.64 Å². The molecule has 216 valence electrons. The zero-order valence-corrected chi connectivity index (χ0v) is 25.2. The molecule has 0 bridgehead atoms. The number of pyridine rings is 1. The molecule has 0 aliphatic carbocycles. The number of carbonyl (C=O) groups is 1. The molecule has 4 heteroatoms. The molecule has 0 saturated heterocycles. The lowest BCUT2D eigenvalue weighted by Crippen LogP contribution is -2.25. The van der Waals surface area contributed by atoms with Gasteiger partial charge in [0.15, 0.2) is 12.4 Å². The van der Waals surface area contributed by atoms with Crippen LogP contribution < -0.4 is 9.47 Å². The van der Waals surface area contributed by atoms with E-state index >= 15 is 0 Å². The van der Waals surface area contributed by atoms with Crippen LogP contribution in [0.2, 0.25) is 0 Å². The van der Waals surface area contributed by atoms with Crippen molar-refractivity contribution in [1.82, 2.24) is 0 Å². The summed E-state index contributed by atoms with van der Waals surface area (Å²) in [5, 5.41) is 0. The predicted octanol–water partition coefficient (Wildman–Crippen LogP) is 8.92. The zero-order chi connectivity index (χ0) is 28.0. The van der Waals surface area contributed by atoms with Gasteiger partial charge in [-0.25, -0.2) is 4.57 Å². The highest BCUT2D eigenvalue weighted by Gasteiger charge is 2.05. The zero-order valence-electron chi connectivity index (χ0n) is 25.2. The lowest BCUT2D eigenvalue weighted by Gasteiger charge is -2.19. The third kappa shape index (κ3) is 16.2. The van der Waals surface area contributed by atoms with Crippen LogP contribution >= 0.6 is 0 Å². The molecular formula is C35H55N2O2+. The number of benzene rings is 1. The van der Waals surface area contributed by atoms with Gasteiger partial charge >= 0.3 is 5.97 Å². The maximum Gasteiger partial charge on any atom is 0.305 e. The first-order valence-corrected chi connectivity index (χ1v) is 15.7. The van der Waals surface area contributed by atoms with Crippen molar-refractivity contribution in [2.45, 2.75) is 110 Å². The molecule has 1 heterocycles. The SMILES string of the molecule is CCCCCCCCCCCCCCCCCC(=O)OCCN(C)c1ccc(C=Cc2cc[n+](C)cc2)cc1. The minimum absolute atomic E-state index is 0.0620. The van der Waals surface area contributed by atoms with E-state index in [1.54, 1.807) is 0 Å². The molecular weight excluding hydrogens is 480 g/mol. The molecule has 0 radical (unpaired) electrons. The second kappa shape index (κ2) is 21.2. The maximum atomic E-state index is 12.1. The highest BCUT2D eigenvalue weighted by atomic mass is 16.5. The minimum atomic E-state index is -0.0620. The number of anilines is 1. The maximum absolute atomic E-state index is 12.1. The van der Waals surface area contributed by atoms with Gasteiger partial charge in [0.1, 0.15) is 13.7 Å². The van der Waals surface area contributed by atoms with Crippen LogP contribution in [0.3, 0.4) is 0 Å². The quantitative estimate of drug-likeness (QED) is 0.0857. The summed E-state index contributed by atoms with van der Waals surface area (Å²) < 4.78 is 7.51. The first-order chi connectivity index (χ1) is 19.1. The van der Waals surface area contributed by atoms with Gasteiger partial charge in [-0.1, -0.05) is 121 Å². The van der Waals surface area contributed by atoms with Gasteiger partial charge in [-0.15, -0.1) is 0 Å². The molecule has 0 N–H and O–H groups in total. The number of likely N-dealkylation sites (N-methyl/N-ethyl adjacent to an activating group) is 1. The fourth-order valence-electron chi connectivity index (χ4n) is 4.79. The number of aryl methyl sites for hydroxylation is 1. The molecule has 0 amide bonds. The van der Waals surface area contributed by atoms with Crippen molar-refractivity contribution in [1.29, 1.82) is 0 Å². The Labute approximate surface area is 239 Å². The van der Waals surface area contributed by atoms with Crippen molar-refractivity contribution in [3.8, 4) is 0 Å². The largest absolute Gasteiger partial charge is 0.464 e. The molecule has 2 rings (SSSR count). The Morgan fingerprint density at radius 1 is 0.718 bits per heavy atom. The number of nitrogens with zero attached hydrogens (tertiary/aromatic N) is 2. The van der Waals surface area contributed by atoms with Crippen molar-refractivity contribution in [2.75, 3.05) is 25.1 Å². The Morgan fingerprint density at radius 3 is 1.69 bits per heavy atom. The molecule has 0 spiro atoms. The van der Waals surface area contributed by atoms with Crippen LogP contribution in [0.4, 0.5) is 5.69 Å². The van der Waals surface area contributed by atoms with E-state index in [0.29, 0.717) is 19.6 Å². The molecule has 4 nitrogen and oxygen atoms in total. The first-order valence-electron chi connectivity index (χ1n) is 15.7. The second-order valence-corrected chi connectivity index (χ2v) is 11.1. The van der Waals surface area contributed by atoms with Crippen LogP contribution in [-0.4, -0.2) is 26.2 Å². The summed E-state index contributed by atoms with van der Waals surface area (Å²) in [6, 6.07) is 12.7. The topological polar surface area (TPSA) is 33.4 Å². The third-order valence-electron chi connectivity index (χ3n) is 7.48. The summed E-state index contributed by atoms with van der Waals surface area (Å²) in [5.74, 6) is -0.0620.